The summed E-state index contributed by atoms with van der Waals surface area (Å²) in [7, 11) is 0. The summed E-state index contributed by atoms with van der Waals surface area (Å²) in [5.74, 6) is 0. The molecule has 2 aliphatic carbocycles. The highest BCUT2D eigenvalue weighted by atomic mass is 15.3. The van der Waals surface area contributed by atoms with E-state index in [1.54, 1.807) is 0 Å². The van der Waals surface area contributed by atoms with Gasteiger partial charge in [0.15, 0.2) is 0 Å². The molecule has 2 heterocycles. The van der Waals surface area contributed by atoms with Crippen molar-refractivity contribution in [2.45, 2.75) is 101 Å². The third-order valence-electron chi connectivity index (χ3n) is 18.2. The Morgan fingerprint density at radius 2 is 0.647 bits per heavy atom. The highest BCUT2D eigenvalue weighted by Gasteiger charge is 2.58. The molecule has 68 heavy (non-hydrogen) atoms. The standard InChI is InChI=1S/C66H60N2/c1-63-39-15-17-41-65(63,3)67(59-25-13-11-23-57(59)63)51-35-37-53-55(43-51)61(49-31-27-47(28-32-49)45-19-7-5-8-20-45)54-38-36-52(68-60-26-14-12-24-58(60)64(2)40-16-18-42-66(64,68)4)44-56(54)62(53)50-33-29-48(30-34-50)46-21-9-6-10-22-46/h5-14,19-38,43-44H,15-18,39-42H2,1-4H3. The topological polar surface area (TPSA) is 6.48 Å². The van der Waals surface area contributed by atoms with Gasteiger partial charge in [0.05, 0.1) is 11.1 Å². The Hall–Kier alpha value is -6.90. The number of para-hydroxylation sites is 2. The van der Waals surface area contributed by atoms with Crippen molar-refractivity contribution in [3.05, 3.63) is 205 Å². The molecule has 4 unspecified atom stereocenters. The van der Waals surface area contributed by atoms with E-state index in [0.717, 1.165) is 0 Å². The maximum atomic E-state index is 2.75. The van der Waals surface area contributed by atoms with Gasteiger partial charge in [-0.3, -0.25) is 0 Å². The lowest BCUT2D eigenvalue weighted by atomic mass is 9.61. The number of rotatable bonds is 6. The van der Waals surface area contributed by atoms with Gasteiger partial charge in [0, 0.05) is 33.6 Å². The lowest BCUT2D eigenvalue weighted by molar-refractivity contribution is 0.195. The van der Waals surface area contributed by atoms with Crippen molar-refractivity contribution >= 4 is 44.3 Å². The number of anilines is 4. The van der Waals surface area contributed by atoms with Crippen LogP contribution in [0.2, 0.25) is 0 Å². The highest BCUT2D eigenvalue weighted by molar-refractivity contribution is 6.22. The molecule has 0 N–H and O–H groups in total. The maximum absolute atomic E-state index is 2.75. The van der Waals surface area contributed by atoms with E-state index in [2.05, 4.69) is 232 Å². The average molecular weight is 881 g/mol. The van der Waals surface area contributed by atoms with Crippen molar-refractivity contribution in [2.24, 2.45) is 0 Å². The fourth-order valence-corrected chi connectivity index (χ4v) is 14.2. The zero-order valence-corrected chi connectivity index (χ0v) is 40.0. The molecule has 0 amide bonds. The number of hydrogen-bond acceptors (Lipinski definition) is 2. The van der Waals surface area contributed by atoms with Gasteiger partial charge in [0.25, 0.3) is 0 Å². The van der Waals surface area contributed by atoms with Crippen LogP contribution in [0.15, 0.2) is 194 Å². The minimum atomic E-state index is -0.0439. The molecule has 2 heteroatoms. The summed E-state index contributed by atoms with van der Waals surface area (Å²) in [6.07, 6.45) is 9.80. The van der Waals surface area contributed by atoms with Gasteiger partial charge >= 0.3 is 0 Å². The fourth-order valence-electron chi connectivity index (χ4n) is 14.2. The quantitative estimate of drug-likeness (QED) is 0.154. The van der Waals surface area contributed by atoms with Crippen LogP contribution in [0.5, 0.6) is 0 Å². The highest BCUT2D eigenvalue weighted by Crippen LogP contribution is 2.63. The van der Waals surface area contributed by atoms with Crippen LogP contribution in [-0.2, 0) is 10.8 Å². The lowest BCUT2D eigenvalue weighted by Crippen LogP contribution is -2.54. The summed E-state index contributed by atoms with van der Waals surface area (Å²) in [6.45, 7) is 10.2. The van der Waals surface area contributed by atoms with Crippen LogP contribution in [0.3, 0.4) is 0 Å². The predicted molar refractivity (Wildman–Crippen MR) is 289 cm³/mol. The van der Waals surface area contributed by atoms with E-state index in [1.807, 2.05) is 0 Å². The summed E-state index contributed by atoms with van der Waals surface area (Å²) in [5.41, 5.74) is 18.3. The van der Waals surface area contributed by atoms with Crippen LogP contribution in [0.25, 0.3) is 66.1 Å². The molecule has 13 rings (SSSR count). The molecule has 2 saturated carbocycles. The molecule has 4 atom stereocenters. The first-order valence-corrected chi connectivity index (χ1v) is 25.4. The Morgan fingerprint density at radius 1 is 0.309 bits per heavy atom. The minimum absolute atomic E-state index is 0.0439. The van der Waals surface area contributed by atoms with Crippen LogP contribution < -0.4 is 9.80 Å². The normalized spacial score (nSPS) is 23.9. The van der Waals surface area contributed by atoms with Crippen molar-refractivity contribution < 1.29 is 0 Å². The molecule has 9 aromatic carbocycles. The molecule has 2 nitrogen and oxygen atoms in total. The van der Waals surface area contributed by atoms with E-state index in [0.29, 0.717) is 0 Å². The van der Waals surface area contributed by atoms with Gasteiger partial charge in [-0.2, -0.15) is 0 Å². The van der Waals surface area contributed by atoms with E-state index in [4.69, 9.17) is 0 Å². The Morgan fingerprint density at radius 3 is 1.06 bits per heavy atom. The summed E-state index contributed by atoms with van der Waals surface area (Å²) >= 11 is 0. The molecule has 0 aromatic heterocycles. The van der Waals surface area contributed by atoms with Gasteiger partial charge < -0.3 is 9.80 Å². The van der Waals surface area contributed by atoms with Crippen LogP contribution in [-0.4, -0.2) is 11.1 Å². The summed E-state index contributed by atoms with van der Waals surface area (Å²) in [4.78, 5) is 5.50. The molecule has 0 spiro atoms. The van der Waals surface area contributed by atoms with E-state index in [9.17, 15) is 0 Å². The van der Waals surface area contributed by atoms with Crippen molar-refractivity contribution in [1.29, 1.82) is 0 Å². The second-order valence-electron chi connectivity index (χ2n) is 21.4. The largest absolute Gasteiger partial charge is 0.334 e. The monoisotopic (exact) mass is 880 g/mol. The van der Waals surface area contributed by atoms with Crippen molar-refractivity contribution in [1.82, 2.24) is 0 Å². The van der Waals surface area contributed by atoms with Crippen molar-refractivity contribution in [2.75, 3.05) is 9.80 Å². The smallest absolute Gasteiger partial charge is 0.0517 e. The van der Waals surface area contributed by atoms with Crippen LogP contribution in [0.4, 0.5) is 22.7 Å². The van der Waals surface area contributed by atoms with Gasteiger partial charge in [-0.1, -0.05) is 197 Å². The molecule has 2 aliphatic heterocycles. The molecule has 0 bridgehead atoms. The number of benzene rings is 9. The Kier molecular flexibility index (Phi) is 9.30. The van der Waals surface area contributed by atoms with Crippen molar-refractivity contribution in [3.63, 3.8) is 0 Å². The second kappa shape index (κ2) is 15.3. The van der Waals surface area contributed by atoms with Crippen LogP contribution in [0, 0.1) is 0 Å². The van der Waals surface area contributed by atoms with Gasteiger partial charge in [-0.05, 0) is 153 Å². The third-order valence-corrected chi connectivity index (χ3v) is 18.2. The Bertz CT molecular complexity index is 3180. The molecule has 0 radical (unpaired) electrons. The van der Waals surface area contributed by atoms with E-state index in [1.165, 1.54) is 151 Å². The first kappa shape index (κ1) is 41.3. The van der Waals surface area contributed by atoms with E-state index in [-0.39, 0.29) is 21.9 Å². The number of hydrogen-bond donors (Lipinski definition) is 0. The zero-order valence-electron chi connectivity index (χ0n) is 40.0. The van der Waals surface area contributed by atoms with E-state index < -0.39 is 0 Å². The first-order chi connectivity index (χ1) is 33.2. The molecule has 0 saturated heterocycles. The minimum Gasteiger partial charge on any atom is -0.334 e. The summed E-state index contributed by atoms with van der Waals surface area (Å²) in [6, 6.07) is 74.0. The SMILES string of the molecule is CC12CCCCC1(C)N(c1ccc3c(-c4ccc(-c5ccccc5)cc4)c4cc(N5c6ccccc6C6(C)CCCCC56C)ccc4c(-c4ccc(-c5ccccc5)cc4)c3c1)c1ccccc12. The second-order valence-corrected chi connectivity index (χ2v) is 21.4. The fraction of sp³-hybridized carbons (Fsp3) is 0.242. The van der Waals surface area contributed by atoms with E-state index >= 15 is 0 Å². The van der Waals surface area contributed by atoms with Crippen LogP contribution >= 0.6 is 0 Å². The number of fused-ring (bicyclic) bond motifs is 8. The summed E-state index contributed by atoms with van der Waals surface area (Å²) in [5, 5.41) is 5.16. The van der Waals surface area contributed by atoms with Crippen molar-refractivity contribution in [3.8, 4) is 44.5 Å². The number of nitrogens with zero attached hydrogens (tertiary/aromatic N) is 2. The Balaban J connectivity index is 1.10. The molecular formula is C66H60N2. The average Bonchev–Trinajstić information content (AvgIpc) is 3.73. The van der Waals surface area contributed by atoms with Gasteiger partial charge in [0.2, 0.25) is 0 Å². The predicted octanol–water partition coefficient (Wildman–Crippen LogP) is 18.1. The first-order valence-electron chi connectivity index (χ1n) is 25.4. The lowest BCUT2D eigenvalue weighted by Gasteiger charge is -2.50. The van der Waals surface area contributed by atoms with Crippen LogP contribution in [0.1, 0.15) is 90.2 Å². The summed E-state index contributed by atoms with van der Waals surface area (Å²) < 4.78 is 0. The molecule has 9 aromatic rings. The molecular weight excluding hydrogens is 821 g/mol. The molecule has 4 aliphatic rings. The Labute approximate surface area is 402 Å². The van der Waals surface area contributed by atoms with Gasteiger partial charge in [-0.15, -0.1) is 0 Å². The van der Waals surface area contributed by atoms with Gasteiger partial charge in [-0.25, -0.2) is 0 Å². The van der Waals surface area contributed by atoms with Gasteiger partial charge in [0.1, 0.15) is 0 Å². The zero-order chi connectivity index (χ0) is 45.8. The third kappa shape index (κ3) is 5.82. The maximum Gasteiger partial charge on any atom is 0.0517 e. The molecule has 2 fully saturated rings. The molecule has 334 valence electrons.